The summed E-state index contributed by atoms with van der Waals surface area (Å²) in [4.78, 5) is 24.8. The number of nitrogens with two attached hydrogens (primary N) is 1. The maximum atomic E-state index is 12.4. The van der Waals surface area contributed by atoms with Crippen LogP contribution >= 0.6 is 0 Å². The van der Waals surface area contributed by atoms with E-state index >= 15 is 0 Å². The summed E-state index contributed by atoms with van der Waals surface area (Å²) in [6.07, 6.45) is 9.73. The molecule has 2 aliphatic rings. The lowest BCUT2D eigenvalue weighted by Gasteiger charge is -2.36. The van der Waals surface area contributed by atoms with Crippen LogP contribution in [0.2, 0.25) is 0 Å². The molecule has 6 heteroatoms. The molecule has 1 aromatic rings. The Balaban J connectivity index is 1.56. The molecular formula is C14H19N5O. The molecule has 1 amide bonds. The number of anilines is 1. The number of hydrogen-bond donors (Lipinski definition) is 1. The Bertz CT molecular complexity index is 496. The summed E-state index contributed by atoms with van der Waals surface area (Å²) in [5.41, 5.74) is 5.81. The van der Waals surface area contributed by atoms with Gasteiger partial charge in [-0.25, -0.2) is 4.98 Å². The van der Waals surface area contributed by atoms with Crippen molar-refractivity contribution in [1.82, 2.24) is 14.9 Å². The number of aromatic nitrogens is 2. The molecule has 2 N–H and O–H groups in total. The Morgan fingerprint density at radius 3 is 2.60 bits per heavy atom. The highest BCUT2D eigenvalue weighted by Gasteiger charge is 2.29. The molecule has 106 valence electrons. The van der Waals surface area contributed by atoms with Gasteiger partial charge in [0.05, 0.1) is 12.1 Å². The molecule has 0 aromatic carbocycles. The molecule has 1 aliphatic heterocycles. The van der Waals surface area contributed by atoms with E-state index < -0.39 is 0 Å². The molecule has 1 aromatic heterocycles. The van der Waals surface area contributed by atoms with E-state index in [2.05, 4.69) is 14.9 Å². The zero-order valence-corrected chi connectivity index (χ0v) is 11.4. The van der Waals surface area contributed by atoms with Crippen molar-refractivity contribution >= 4 is 11.7 Å². The maximum Gasteiger partial charge on any atom is 0.229 e. The first-order chi connectivity index (χ1) is 9.74. The first kappa shape index (κ1) is 13.1. The summed E-state index contributed by atoms with van der Waals surface area (Å²) in [6, 6.07) is 0.0323. The van der Waals surface area contributed by atoms with Gasteiger partial charge in [0.25, 0.3) is 0 Å². The lowest BCUT2D eigenvalue weighted by atomic mass is 10.1. The van der Waals surface area contributed by atoms with Gasteiger partial charge in [-0.2, -0.15) is 0 Å². The molecule has 2 heterocycles. The highest BCUT2D eigenvalue weighted by molar-refractivity contribution is 5.81. The zero-order valence-electron chi connectivity index (χ0n) is 11.4. The van der Waals surface area contributed by atoms with E-state index in [0.29, 0.717) is 0 Å². The Morgan fingerprint density at radius 2 is 2.00 bits per heavy atom. The van der Waals surface area contributed by atoms with Gasteiger partial charge in [-0.1, -0.05) is 12.2 Å². The number of piperazine rings is 1. The molecule has 0 radical (unpaired) electrons. The second-order valence-corrected chi connectivity index (χ2v) is 5.27. The largest absolute Gasteiger partial charge is 0.352 e. The number of carbonyl (C=O) groups is 1. The SMILES string of the molecule is NC1C=CC(C(=O)N2CCN(c3cnccn3)CC2)C1. The zero-order chi connectivity index (χ0) is 13.9. The van der Waals surface area contributed by atoms with Crippen LogP contribution in [0.25, 0.3) is 0 Å². The van der Waals surface area contributed by atoms with Crippen molar-refractivity contribution in [3.05, 3.63) is 30.7 Å². The quantitative estimate of drug-likeness (QED) is 0.769. The van der Waals surface area contributed by atoms with E-state index in [1.807, 2.05) is 17.1 Å². The van der Waals surface area contributed by atoms with Crippen molar-refractivity contribution in [2.24, 2.45) is 11.7 Å². The summed E-state index contributed by atoms with van der Waals surface area (Å²) in [5, 5.41) is 0. The monoisotopic (exact) mass is 273 g/mol. The van der Waals surface area contributed by atoms with Crippen LogP contribution in [0.15, 0.2) is 30.7 Å². The third kappa shape index (κ3) is 2.65. The fourth-order valence-electron chi connectivity index (χ4n) is 2.76. The van der Waals surface area contributed by atoms with Gasteiger partial charge < -0.3 is 15.5 Å². The average Bonchev–Trinajstić information content (AvgIpc) is 2.94. The van der Waals surface area contributed by atoms with Crippen LogP contribution < -0.4 is 10.6 Å². The van der Waals surface area contributed by atoms with Crippen molar-refractivity contribution in [3.63, 3.8) is 0 Å². The van der Waals surface area contributed by atoms with Crippen LogP contribution in [0, 0.1) is 5.92 Å². The Morgan fingerprint density at radius 1 is 1.20 bits per heavy atom. The van der Waals surface area contributed by atoms with Crippen molar-refractivity contribution in [2.75, 3.05) is 31.1 Å². The lowest BCUT2D eigenvalue weighted by Crippen LogP contribution is -2.50. The van der Waals surface area contributed by atoms with E-state index in [9.17, 15) is 4.79 Å². The molecule has 0 spiro atoms. The van der Waals surface area contributed by atoms with Crippen LogP contribution in [-0.2, 0) is 4.79 Å². The molecule has 6 nitrogen and oxygen atoms in total. The summed E-state index contributed by atoms with van der Waals surface area (Å²) >= 11 is 0. The van der Waals surface area contributed by atoms with Gasteiger partial charge in [0.15, 0.2) is 0 Å². The molecule has 2 unspecified atom stereocenters. The molecule has 1 saturated heterocycles. The number of carbonyl (C=O) groups excluding carboxylic acids is 1. The van der Waals surface area contributed by atoms with Crippen molar-refractivity contribution < 1.29 is 4.79 Å². The summed E-state index contributed by atoms with van der Waals surface area (Å²) in [7, 11) is 0. The number of rotatable bonds is 2. The Hall–Kier alpha value is -1.95. The normalized spacial score (nSPS) is 26.1. The van der Waals surface area contributed by atoms with E-state index in [1.54, 1.807) is 18.6 Å². The first-order valence-corrected chi connectivity index (χ1v) is 6.97. The minimum atomic E-state index is -0.0342. The summed E-state index contributed by atoms with van der Waals surface area (Å²) < 4.78 is 0. The molecule has 2 atom stereocenters. The number of nitrogens with zero attached hydrogens (tertiary/aromatic N) is 4. The van der Waals surface area contributed by atoms with E-state index in [-0.39, 0.29) is 17.9 Å². The van der Waals surface area contributed by atoms with Gasteiger partial charge in [-0.05, 0) is 6.42 Å². The van der Waals surface area contributed by atoms with Crippen LogP contribution in [0.3, 0.4) is 0 Å². The minimum Gasteiger partial charge on any atom is -0.352 e. The predicted octanol–water partition coefficient (Wildman–Crippen LogP) is 0.0286. The van der Waals surface area contributed by atoms with Gasteiger partial charge >= 0.3 is 0 Å². The average molecular weight is 273 g/mol. The fraction of sp³-hybridized carbons (Fsp3) is 0.500. The molecule has 0 saturated carbocycles. The third-order valence-corrected chi connectivity index (χ3v) is 3.90. The molecule has 1 aliphatic carbocycles. The minimum absolute atomic E-state index is 0.0323. The van der Waals surface area contributed by atoms with Crippen molar-refractivity contribution in [3.8, 4) is 0 Å². The van der Waals surface area contributed by atoms with Gasteiger partial charge in [-0.3, -0.25) is 9.78 Å². The molecule has 1 fully saturated rings. The summed E-state index contributed by atoms with van der Waals surface area (Å²) in [6.45, 7) is 3.06. The van der Waals surface area contributed by atoms with Gasteiger partial charge in [-0.15, -0.1) is 0 Å². The summed E-state index contributed by atoms with van der Waals surface area (Å²) in [5.74, 6) is 1.04. The van der Waals surface area contributed by atoms with E-state index in [0.717, 1.165) is 38.4 Å². The smallest absolute Gasteiger partial charge is 0.229 e. The Kier molecular flexibility index (Phi) is 3.64. The highest BCUT2D eigenvalue weighted by Crippen LogP contribution is 2.20. The first-order valence-electron chi connectivity index (χ1n) is 6.97. The fourth-order valence-corrected chi connectivity index (χ4v) is 2.76. The second-order valence-electron chi connectivity index (χ2n) is 5.27. The van der Waals surface area contributed by atoms with Crippen molar-refractivity contribution in [1.29, 1.82) is 0 Å². The van der Waals surface area contributed by atoms with Crippen LogP contribution in [0.4, 0.5) is 5.82 Å². The topological polar surface area (TPSA) is 75.4 Å². The predicted molar refractivity (Wildman–Crippen MR) is 76.0 cm³/mol. The van der Waals surface area contributed by atoms with Crippen LogP contribution in [0.5, 0.6) is 0 Å². The Labute approximate surface area is 118 Å². The van der Waals surface area contributed by atoms with Gasteiger partial charge in [0, 0.05) is 44.6 Å². The third-order valence-electron chi connectivity index (χ3n) is 3.90. The second kappa shape index (κ2) is 5.58. The molecule has 20 heavy (non-hydrogen) atoms. The molecular weight excluding hydrogens is 254 g/mol. The molecule has 3 rings (SSSR count). The number of hydrogen-bond acceptors (Lipinski definition) is 5. The van der Waals surface area contributed by atoms with Gasteiger partial charge in [0.1, 0.15) is 5.82 Å². The molecule has 0 bridgehead atoms. The van der Waals surface area contributed by atoms with Crippen LogP contribution in [0.1, 0.15) is 6.42 Å². The standard InChI is InChI=1S/C14H19N5O/c15-12-2-1-11(9-12)14(20)19-7-5-18(6-8-19)13-10-16-3-4-17-13/h1-4,10-12H,5-9,15H2. The van der Waals surface area contributed by atoms with E-state index in [1.165, 1.54) is 0 Å². The maximum absolute atomic E-state index is 12.4. The highest BCUT2D eigenvalue weighted by atomic mass is 16.2. The van der Waals surface area contributed by atoms with Crippen LogP contribution in [-0.4, -0.2) is 53.0 Å². The van der Waals surface area contributed by atoms with Gasteiger partial charge in [0.2, 0.25) is 5.91 Å². The van der Waals surface area contributed by atoms with Crippen molar-refractivity contribution in [2.45, 2.75) is 12.5 Å². The number of amides is 1. The van der Waals surface area contributed by atoms with E-state index in [4.69, 9.17) is 5.73 Å². The lowest BCUT2D eigenvalue weighted by molar-refractivity contribution is -0.134.